The predicted molar refractivity (Wildman–Crippen MR) is 146 cm³/mol. The smallest absolute Gasteiger partial charge is 0.181 e. The third kappa shape index (κ3) is 4.44. The second-order valence-corrected chi connectivity index (χ2v) is 9.67. The van der Waals surface area contributed by atoms with Crippen molar-refractivity contribution in [1.29, 1.82) is 0 Å². The highest BCUT2D eigenvalue weighted by Gasteiger charge is 2.17. The molecule has 194 valence electrons. The third-order valence-corrected chi connectivity index (χ3v) is 7.02. The van der Waals surface area contributed by atoms with Crippen LogP contribution in [0.25, 0.3) is 55.7 Å². The number of piperidine rings is 1. The number of rotatable bonds is 5. The SMILES string of the molecule is Oc1cc(F)cc(-c2nccc3[nH]c(-c4[nH]nc5ncc(-c6cncc(OC7CCNCC7)c6)cc45)cc23)c1. The van der Waals surface area contributed by atoms with E-state index >= 15 is 0 Å². The van der Waals surface area contributed by atoms with E-state index in [0.717, 1.165) is 76.6 Å². The van der Waals surface area contributed by atoms with E-state index in [4.69, 9.17) is 4.74 Å². The van der Waals surface area contributed by atoms with E-state index in [-0.39, 0.29) is 11.9 Å². The summed E-state index contributed by atoms with van der Waals surface area (Å²) in [5, 5.41) is 22.4. The number of phenols is 1. The van der Waals surface area contributed by atoms with Crippen LogP contribution in [-0.2, 0) is 0 Å². The first-order chi connectivity index (χ1) is 19.1. The van der Waals surface area contributed by atoms with Crippen LogP contribution in [0.4, 0.5) is 4.39 Å². The number of nitrogens with one attached hydrogen (secondary N) is 3. The van der Waals surface area contributed by atoms with Gasteiger partial charge in [0.25, 0.3) is 0 Å². The molecular formula is C29H24FN7O2. The quantitative estimate of drug-likeness (QED) is 0.246. The Morgan fingerprint density at radius 1 is 0.897 bits per heavy atom. The molecule has 0 unspecified atom stereocenters. The van der Waals surface area contributed by atoms with Crippen molar-refractivity contribution in [2.75, 3.05) is 13.1 Å². The molecule has 0 saturated carbocycles. The van der Waals surface area contributed by atoms with Gasteiger partial charge in [0.15, 0.2) is 5.65 Å². The summed E-state index contributed by atoms with van der Waals surface area (Å²) >= 11 is 0. The minimum Gasteiger partial charge on any atom is -0.508 e. The number of halogens is 1. The fraction of sp³-hybridized carbons (Fsp3) is 0.172. The lowest BCUT2D eigenvalue weighted by Gasteiger charge is -2.23. The van der Waals surface area contributed by atoms with Gasteiger partial charge in [0.2, 0.25) is 0 Å². The molecule has 0 radical (unpaired) electrons. The van der Waals surface area contributed by atoms with Gasteiger partial charge in [-0.2, -0.15) is 5.10 Å². The molecule has 6 aromatic rings. The van der Waals surface area contributed by atoms with Crippen molar-refractivity contribution in [1.82, 2.24) is 35.5 Å². The molecule has 6 heterocycles. The maximum Gasteiger partial charge on any atom is 0.181 e. The Morgan fingerprint density at radius 3 is 2.64 bits per heavy atom. The molecule has 1 aliphatic rings. The monoisotopic (exact) mass is 521 g/mol. The van der Waals surface area contributed by atoms with E-state index in [2.05, 4.69) is 35.5 Å². The Balaban J connectivity index is 1.26. The van der Waals surface area contributed by atoms with Gasteiger partial charge in [0, 0.05) is 57.6 Å². The van der Waals surface area contributed by atoms with E-state index < -0.39 is 5.82 Å². The highest BCUT2D eigenvalue weighted by atomic mass is 19.1. The number of nitrogens with zero attached hydrogens (tertiary/aromatic N) is 4. The van der Waals surface area contributed by atoms with E-state index in [1.807, 2.05) is 24.3 Å². The van der Waals surface area contributed by atoms with Crippen molar-refractivity contribution in [3.05, 3.63) is 73.1 Å². The van der Waals surface area contributed by atoms with Crippen LogP contribution in [0.2, 0.25) is 0 Å². The van der Waals surface area contributed by atoms with E-state index in [1.165, 1.54) is 12.1 Å². The summed E-state index contributed by atoms with van der Waals surface area (Å²) in [4.78, 5) is 16.9. The second-order valence-electron chi connectivity index (χ2n) is 9.67. The van der Waals surface area contributed by atoms with E-state index in [1.54, 1.807) is 24.8 Å². The average molecular weight is 522 g/mol. The number of hydrogen-bond donors (Lipinski definition) is 4. The minimum absolute atomic E-state index is 0.155. The summed E-state index contributed by atoms with van der Waals surface area (Å²) in [7, 11) is 0. The van der Waals surface area contributed by atoms with Crippen molar-refractivity contribution in [2.45, 2.75) is 18.9 Å². The lowest BCUT2D eigenvalue weighted by atomic mass is 10.1. The van der Waals surface area contributed by atoms with Gasteiger partial charge in [-0.25, -0.2) is 9.37 Å². The van der Waals surface area contributed by atoms with Crippen molar-refractivity contribution in [3.8, 4) is 45.3 Å². The molecule has 9 nitrogen and oxygen atoms in total. The fourth-order valence-electron chi connectivity index (χ4n) is 5.14. The zero-order valence-electron chi connectivity index (χ0n) is 20.8. The van der Waals surface area contributed by atoms with Crippen LogP contribution in [0.15, 0.2) is 67.3 Å². The third-order valence-electron chi connectivity index (χ3n) is 7.02. The van der Waals surface area contributed by atoms with Crippen LogP contribution in [0.1, 0.15) is 12.8 Å². The van der Waals surface area contributed by atoms with Crippen LogP contribution in [0.3, 0.4) is 0 Å². The van der Waals surface area contributed by atoms with Gasteiger partial charge in [-0.05, 0) is 62.3 Å². The van der Waals surface area contributed by atoms with Gasteiger partial charge in [-0.3, -0.25) is 15.1 Å². The number of hydrogen-bond acceptors (Lipinski definition) is 7. The van der Waals surface area contributed by atoms with E-state index in [9.17, 15) is 9.50 Å². The molecule has 5 aromatic heterocycles. The molecule has 4 N–H and O–H groups in total. The average Bonchev–Trinajstić information content (AvgIpc) is 3.57. The van der Waals surface area contributed by atoms with Gasteiger partial charge in [-0.15, -0.1) is 0 Å². The largest absolute Gasteiger partial charge is 0.508 e. The Morgan fingerprint density at radius 2 is 1.77 bits per heavy atom. The standard InChI is InChI=1S/C29H24FN7O2/c30-19-7-16(8-20(38)11-19)27-23-12-26(35-25(23)3-6-33-27)28-24-10-18(14-34-29(24)37-36-28)17-9-22(15-32-13-17)39-21-1-4-31-5-2-21/h3,6-15,21,31,35,38H,1-2,4-5H2,(H,34,36,37). The number of aromatic nitrogens is 6. The van der Waals surface area contributed by atoms with Gasteiger partial charge in [0.05, 0.1) is 23.3 Å². The molecule has 1 aromatic carbocycles. The van der Waals surface area contributed by atoms with E-state index in [0.29, 0.717) is 16.9 Å². The number of benzene rings is 1. The topological polar surface area (TPSA) is 125 Å². The maximum absolute atomic E-state index is 14.0. The van der Waals surface area contributed by atoms with Crippen molar-refractivity contribution in [3.63, 3.8) is 0 Å². The number of aromatic amines is 2. The van der Waals surface area contributed by atoms with Gasteiger partial charge >= 0.3 is 0 Å². The molecule has 1 fully saturated rings. The first kappa shape index (κ1) is 23.3. The molecule has 0 amide bonds. The summed E-state index contributed by atoms with van der Waals surface area (Å²) in [6, 6.07) is 11.7. The number of H-pyrrole nitrogens is 2. The van der Waals surface area contributed by atoms with Crippen molar-refractivity contribution in [2.24, 2.45) is 0 Å². The van der Waals surface area contributed by atoms with Crippen LogP contribution < -0.4 is 10.1 Å². The summed E-state index contributed by atoms with van der Waals surface area (Å²) in [6.45, 7) is 1.91. The zero-order chi connectivity index (χ0) is 26.3. The van der Waals surface area contributed by atoms with Gasteiger partial charge in [0.1, 0.15) is 23.4 Å². The normalized spacial score (nSPS) is 14.3. The number of phenolic OH excluding ortho intramolecular Hbond substituents is 1. The molecular weight excluding hydrogens is 497 g/mol. The van der Waals surface area contributed by atoms with Crippen molar-refractivity contribution >= 4 is 21.9 Å². The molecule has 0 aliphatic carbocycles. The Kier molecular flexibility index (Phi) is 5.66. The second kappa shape index (κ2) is 9.48. The minimum atomic E-state index is -0.530. The molecule has 10 heteroatoms. The van der Waals surface area contributed by atoms with Crippen molar-refractivity contribution < 1.29 is 14.2 Å². The first-order valence-electron chi connectivity index (χ1n) is 12.8. The molecule has 39 heavy (non-hydrogen) atoms. The predicted octanol–water partition coefficient (Wildman–Crippen LogP) is 5.21. The summed E-state index contributed by atoms with van der Waals surface area (Å²) < 4.78 is 20.2. The summed E-state index contributed by atoms with van der Waals surface area (Å²) in [6.07, 6.45) is 9.10. The van der Waals surface area contributed by atoms with Crippen LogP contribution in [0, 0.1) is 5.82 Å². The number of fused-ring (bicyclic) bond motifs is 2. The van der Waals surface area contributed by atoms with Crippen LogP contribution >= 0.6 is 0 Å². The highest BCUT2D eigenvalue weighted by molar-refractivity contribution is 6.00. The number of aromatic hydroxyl groups is 1. The summed E-state index contributed by atoms with van der Waals surface area (Å²) in [5.74, 6) is 0.0563. The Hall–Kier alpha value is -4.83. The van der Waals surface area contributed by atoms with Gasteiger partial charge < -0.3 is 20.1 Å². The molecule has 0 atom stereocenters. The fourth-order valence-corrected chi connectivity index (χ4v) is 5.14. The van der Waals surface area contributed by atoms with Crippen LogP contribution in [0.5, 0.6) is 11.5 Å². The maximum atomic E-state index is 14.0. The highest BCUT2D eigenvalue weighted by Crippen LogP contribution is 2.35. The lowest BCUT2D eigenvalue weighted by Crippen LogP contribution is -2.34. The molecule has 1 saturated heterocycles. The van der Waals surface area contributed by atoms with Gasteiger partial charge in [-0.1, -0.05) is 0 Å². The molecule has 0 spiro atoms. The lowest BCUT2D eigenvalue weighted by molar-refractivity contribution is 0.162. The Labute approximate surface area is 222 Å². The molecule has 0 bridgehead atoms. The Bertz CT molecular complexity index is 1800. The number of pyridine rings is 3. The first-order valence-corrected chi connectivity index (χ1v) is 12.8. The summed E-state index contributed by atoms with van der Waals surface area (Å²) in [5.41, 5.74) is 5.78. The zero-order valence-corrected chi connectivity index (χ0v) is 20.8. The van der Waals surface area contributed by atoms with Crippen LogP contribution in [-0.4, -0.2) is 54.4 Å². The number of ether oxygens (including phenoxy) is 1. The molecule has 1 aliphatic heterocycles. The molecule has 7 rings (SSSR count).